The molecule has 2 aliphatic heterocycles. The Labute approximate surface area is 191 Å². The number of guanidine groups is 1. The van der Waals surface area contributed by atoms with Gasteiger partial charge in [-0.3, -0.25) is 14.6 Å². The van der Waals surface area contributed by atoms with Gasteiger partial charge in [0, 0.05) is 52.8 Å². The summed E-state index contributed by atoms with van der Waals surface area (Å²) in [6.07, 6.45) is 6.15. The minimum Gasteiger partial charge on any atom is -0.466 e. The van der Waals surface area contributed by atoms with Crippen LogP contribution in [0.2, 0.25) is 0 Å². The Balaban J connectivity index is 0.00000420. The first-order valence-electron chi connectivity index (χ1n) is 10.7. The first-order chi connectivity index (χ1) is 13.7. The molecule has 0 saturated carbocycles. The summed E-state index contributed by atoms with van der Waals surface area (Å²) >= 11 is 0. The normalized spacial score (nSPS) is 19.7. The van der Waals surface area contributed by atoms with Crippen molar-refractivity contribution in [1.29, 1.82) is 0 Å². The van der Waals surface area contributed by atoms with Crippen LogP contribution in [-0.4, -0.2) is 86.7 Å². The lowest BCUT2D eigenvalue weighted by Crippen LogP contribution is -2.55. The quantitative estimate of drug-likeness (QED) is 0.163. The van der Waals surface area contributed by atoms with Crippen LogP contribution in [0, 0.1) is 0 Å². The van der Waals surface area contributed by atoms with Crippen molar-refractivity contribution >= 4 is 41.8 Å². The van der Waals surface area contributed by atoms with Crippen molar-refractivity contribution in [2.24, 2.45) is 4.99 Å². The molecule has 9 heteroatoms. The summed E-state index contributed by atoms with van der Waals surface area (Å²) in [4.78, 5) is 32.2. The van der Waals surface area contributed by atoms with Crippen LogP contribution in [0.5, 0.6) is 0 Å². The highest BCUT2D eigenvalue weighted by Crippen LogP contribution is 2.16. The summed E-state index contributed by atoms with van der Waals surface area (Å²) < 4.78 is 10.4. The summed E-state index contributed by atoms with van der Waals surface area (Å²) in [5.74, 6) is 0.941. The SMILES string of the molecule is CCOC(=O)CCCCCCNC(=NC)N1CCN(C(=O)C2CCCO2)CC1.I. The fraction of sp³-hybridized carbons (Fsp3) is 0.850. The highest BCUT2D eigenvalue weighted by Gasteiger charge is 2.30. The van der Waals surface area contributed by atoms with Gasteiger partial charge in [0.25, 0.3) is 5.91 Å². The van der Waals surface area contributed by atoms with Crippen LogP contribution in [-0.2, 0) is 19.1 Å². The van der Waals surface area contributed by atoms with E-state index in [1.165, 1.54) is 0 Å². The Kier molecular flexibility index (Phi) is 13.2. The summed E-state index contributed by atoms with van der Waals surface area (Å²) in [6, 6.07) is 0. The van der Waals surface area contributed by atoms with E-state index in [1.807, 2.05) is 11.8 Å². The van der Waals surface area contributed by atoms with E-state index in [-0.39, 0.29) is 42.0 Å². The van der Waals surface area contributed by atoms with E-state index in [4.69, 9.17) is 9.47 Å². The van der Waals surface area contributed by atoms with Crippen LogP contribution >= 0.6 is 24.0 Å². The van der Waals surface area contributed by atoms with Gasteiger partial charge in [0.05, 0.1) is 6.61 Å². The highest BCUT2D eigenvalue weighted by atomic mass is 127. The average molecular weight is 524 g/mol. The van der Waals surface area contributed by atoms with Crippen molar-refractivity contribution in [3.05, 3.63) is 0 Å². The Morgan fingerprint density at radius 1 is 1.10 bits per heavy atom. The smallest absolute Gasteiger partial charge is 0.305 e. The topological polar surface area (TPSA) is 83.5 Å². The Morgan fingerprint density at radius 3 is 2.41 bits per heavy atom. The summed E-state index contributed by atoms with van der Waals surface area (Å²) in [5, 5.41) is 3.41. The van der Waals surface area contributed by atoms with Crippen LogP contribution in [0.25, 0.3) is 0 Å². The van der Waals surface area contributed by atoms with E-state index in [2.05, 4.69) is 15.2 Å². The molecule has 168 valence electrons. The molecule has 0 aliphatic carbocycles. The summed E-state index contributed by atoms with van der Waals surface area (Å²) in [7, 11) is 1.80. The van der Waals surface area contributed by atoms with Crippen LogP contribution in [0.15, 0.2) is 4.99 Å². The molecule has 1 amide bonds. The number of carbonyl (C=O) groups is 2. The number of halogens is 1. The lowest BCUT2D eigenvalue weighted by Gasteiger charge is -2.37. The minimum atomic E-state index is -0.229. The van der Waals surface area contributed by atoms with Crippen molar-refractivity contribution in [2.75, 3.05) is 53.0 Å². The lowest BCUT2D eigenvalue weighted by molar-refractivity contribution is -0.143. The number of esters is 1. The van der Waals surface area contributed by atoms with Gasteiger partial charge in [0.2, 0.25) is 0 Å². The van der Waals surface area contributed by atoms with Crippen molar-refractivity contribution in [2.45, 2.75) is 58.0 Å². The zero-order valence-electron chi connectivity index (χ0n) is 17.9. The number of hydrogen-bond donors (Lipinski definition) is 1. The molecule has 2 saturated heterocycles. The summed E-state index contributed by atoms with van der Waals surface area (Å²) in [6.45, 7) is 6.86. The fourth-order valence-electron chi connectivity index (χ4n) is 3.63. The molecule has 2 rings (SSSR count). The van der Waals surface area contributed by atoms with E-state index in [0.717, 1.165) is 64.1 Å². The average Bonchev–Trinajstić information content (AvgIpc) is 3.25. The molecule has 2 fully saturated rings. The van der Waals surface area contributed by atoms with Crippen LogP contribution in [0.4, 0.5) is 0 Å². The molecule has 0 radical (unpaired) electrons. The molecule has 29 heavy (non-hydrogen) atoms. The predicted molar refractivity (Wildman–Crippen MR) is 124 cm³/mol. The van der Waals surface area contributed by atoms with Gasteiger partial charge in [-0.25, -0.2) is 0 Å². The molecular formula is C20H37IN4O4. The second-order valence-electron chi connectivity index (χ2n) is 7.26. The van der Waals surface area contributed by atoms with Gasteiger partial charge < -0.3 is 24.6 Å². The van der Waals surface area contributed by atoms with Crippen LogP contribution in [0.1, 0.15) is 51.9 Å². The maximum absolute atomic E-state index is 12.4. The molecule has 2 aliphatic rings. The third-order valence-electron chi connectivity index (χ3n) is 5.20. The van der Waals surface area contributed by atoms with E-state index in [1.54, 1.807) is 7.05 Å². The van der Waals surface area contributed by atoms with Gasteiger partial charge in [-0.1, -0.05) is 12.8 Å². The number of carbonyl (C=O) groups excluding carboxylic acids is 2. The Morgan fingerprint density at radius 2 is 1.79 bits per heavy atom. The molecule has 0 spiro atoms. The number of amides is 1. The first-order valence-corrected chi connectivity index (χ1v) is 10.7. The fourth-order valence-corrected chi connectivity index (χ4v) is 3.63. The maximum atomic E-state index is 12.4. The van der Waals surface area contributed by atoms with E-state index in [0.29, 0.717) is 32.7 Å². The predicted octanol–water partition coefficient (Wildman–Crippen LogP) is 2.02. The molecule has 8 nitrogen and oxygen atoms in total. The maximum Gasteiger partial charge on any atom is 0.305 e. The van der Waals surface area contributed by atoms with E-state index >= 15 is 0 Å². The van der Waals surface area contributed by atoms with Gasteiger partial charge >= 0.3 is 5.97 Å². The number of aliphatic imine (C=N–C) groups is 1. The van der Waals surface area contributed by atoms with Crippen LogP contribution < -0.4 is 5.32 Å². The van der Waals surface area contributed by atoms with Crippen molar-refractivity contribution < 1.29 is 19.1 Å². The molecule has 1 unspecified atom stereocenters. The number of ether oxygens (including phenoxy) is 2. The van der Waals surface area contributed by atoms with Gasteiger partial charge in [-0.05, 0) is 32.6 Å². The van der Waals surface area contributed by atoms with Gasteiger partial charge in [-0.2, -0.15) is 0 Å². The van der Waals surface area contributed by atoms with E-state index < -0.39 is 0 Å². The van der Waals surface area contributed by atoms with Gasteiger partial charge in [0.15, 0.2) is 5.96 Å². The molecule has 2 heterocycles. The first kappa shape index (κ1) is 25.9. The molecule has 0 aromatic rings. The molecule has 1 atom stereocenters. The number of rotatable bonds is 9. The van der Waals surface area contributed by atoms with Crippen molar-refractivity contribution in [3.8, 4) is 0 Å². The molecular weight excluding hydrogens is 487 g/mol. The third-order valence-corrected chi connectivity index (χ3v) is 5.20. The second-order valence-corrected chi connectivity index (χ2v) is 7.26. The number of hydrogen-bond acceptors (Lipinski definition) is 5. The zero-order valence-corrected chi connectivity index (χ0v) is 20.2. The Bertz CT molecular complexity index is 519. The largest absolute Gasteiger partial charge is 0.466 e. The van der Waals surface area contributed by atoms with Crippen molar-refractivity contribution in [3.63, 3.8) is 0 Å². The highest BCUT2D eigenvalue weighted by molar-refractivity contribution is 14.0. The van der Waals surface area contributed by atoms with E-state index in [9.17, 15) is 9.59 Å². The second kappa shape index (κ2) is 14.8. The van der Waals surface area contributed by atoms with Gasteiger partial charge in [0.1, 0.15) is 6.10 Å². The number of unbranched alkanes of at least 4 members (excludes halogenated alkanes) is 3. The van der Waals surface area contributed by atoms with Crippen LogP contribution in [0.3, 0.4) is 0 Å². The van der Waals surface area contributed by atoms with Gasteiger partial charge in [-0.15, -0.1) is 24.0 Å². The lowest BCUT2D eigenvalue weighted by atomic mass is 10.1. The monoisotopic (exact) mass is 524 g/mol. The summed E-state index contributed by atoms with van der Waals surface area (Å²) in [5.41, 5.74) is 0. The zero-order chi connectivity index (χ0) is 20.2. The molecule has 0 aromatic carbocycles. The number of nitrogens with zero attached hydrogens (tertiary/aromatic N) is 3. The number of piperazine rings is 1. The minimum absolute atomic E-state index is 0. The number of nitrogens with one attached hydrogen (secondary N) is 1. The molecule has 0 aromatic heterocycles. The molecule has 1 N–H and O–H groups in total. The Hall–Kier alpha value is -1.10. The van der Waals surface area contributed by atoms with Crippen molar-refractivity contribution in [1.82, 2.24) is 15.1 Å². The standard InChI is InChI=1S/C20H36N4O4.HI/c1-3-27-18(25)10-6-4-5-7-11-22-20(21-2)24-14-12-23(13-15-24)19(26)17-9-8-16-28-17;/h17H,3-16H2,1-2H3,(H,21,22);1H. The third kappa shape index (κ3) is 9.06. The molecule has 0 bridgehead atoms.